The first kappa shape index (κ1) is 14.0. The molecule has 0 spiro atoms. The van der Waals surface area contributed by atoms with Gasteiger partial charge in [0, 0.05) is 32.9 Å². The summed E-state index contributed by atoms with van der Waals surface area (Å²) in [6.07, 6.45) is 5.83. The van der Waals surface area contributed by atoms with Gasteiger partial charge in [-0.2, -0.15) is 0 Å². The molecule has 19 heavy (non-hydrogen) atoms. The Kier molecular flexibility index (Phi) is 4.55. The number of hydrogen-bond acceptors (Lipinski definition) is 4. The van der Waals surface area contributed by atoms with E-state index in [2.05, 4.69) is 9.88 Å². The molecule has 106 valence electrons. The van der Waals surface area contributed by atoms with E-state index in [0.29, 0.717) is 0 Å². The number of likely N-dealkylation sites (tertiary alicyclic amines) is 1. The maximum absolute atomic E-state index is 11.5. The molecule has 0 aromatic carbocycles. The van der Waals surface area contributed by atoms with Crippen LogP contribution in [0.5, 0.6) is 0 Å². The zero-order valence-electron chi connectivity index (χ0n) is 11.9. The second kappa shape index (κ2) is 6.16. The summed E-state index contributed by atoms with van der Waals surface area (Å²) in [4.78, 5) is 23.4. The first-order valence-corrected chi connectivity index (χ1v) is 6.64. The normalized spacial score (nSPS) is 20.5. The maximum atomic E-state index is 11.5. The molecule has 0 aliphatic carbocycles. The third kappa shape index (κ3) is 3.33. The van der Waals surface area contributed by atoms with Gasteiger partial charge < -0.3 is 4.57 Å². The summed E-state index contributed by atoms with van der Waals surface area (Å²) in [6.45, 7) is 4.23. The molecule has 2 heterocycles. The molecule has 0 radical (unpaired) electrons. The quantitative estimate of drug-likeness (QED) is 0.756. The van der Waals surface area contributed by atoms with Crippen molar-refractivity contribution in [1.29, 1.82) is 0 Å². The lowest BCUT2D eigenvalue weighted by Crippen LogP contribution is -2.49. The highest BCUT2D eigenvalue weighted by Gasteiger charge is 2.27. The Morgan fingerprint density at radius 1 is 1.63 bits per heavy atom. The van der Waals surface area contributed by atoms with Gasteiger partial charge in [-0.1, -0.05) is 0 Å². The molecule has 2 rings (SSSR count). The molecule has 0 N–H and O–H groups in total. The van der Waals surface area contributed by atoms with Crippen LogP contribution in [0.25, 0.3) is 0 Å². The highest BCUT2D eigenvalue weighted by Crippen LogP contribution is 2.17. The molecule has 1 saturated heterocycles. The van der Waals surface area contributed by atoms with Crippen LogP contribution < -0.4 is 0 Å². The Balaban J connectivity index is 1.97. The van der Waals surface area contributed by atoms with Crippen molar-refractivity contribution in [2.75, 3.05) is 20.2 Å². The van der Waals surface area contributed by atoms with Crippen molar-refractivity contribution >= 4 is 5.91 Å². The molecule has 6 heteroatoms. The van der Waals surface area contributed by atoms with Crippen LogP contribution in [-0.2, 0) is 23.2 Å². The Morgan fingerprint density at radius 3 is 3.00 bits per heavy atom. The number of rotatable bonds is 4. The number of imidazole rings is 1. The molecule has 1 aliphatic rings. The van der Waals surface area contributed by atoms with Gasteiger partial charge in [-0.25, -0.2) is 10.0 Å². The minimum atomic E-state index is -0.0358. The summed E-state index contributed by atoms with van der Waals surface area (Å²) in [5.74, 6) is 1.01. The lowest BCUT2D eigenvalue weighted by atomic mass is 10.1. The molecular weight excluding hydrogens is 244 g/mol. The predicted octanol–water partition coefficient (Wildman–Crippen LogP) is 0.794. The second-order valence-electron chi connectivity index (χ2n) is 5.01. The lowest BCUT2D eigenvalue weighted by Gasteiger charge is -2.37. The van der Waals surface area contributed by atoms with E-state index in [0.717, 1.165) is 38.3 Å². The summed E-state index contributed by atoms with van der Waals surface area (Å²) < 4.78 is 2.03. The number of aryl methyl sites for hydroxylation is 1. The van der Waals surface area contributed by atoms with Crippen LogP contribution in [0, 0.1) is 0 Å². The number of nitrogens with zero attached hydrogens (tertiary/aromatic N) is 4. The second-order valence-corrected chi connectivity index (χ2v) is 5.01. The number of hydroxylamine groups is 2. The number of amides is 1. The zero-order valence-corrected chi connectivity index (χ0v) is 11.9. The number of aromatic nitrogens is 2. The molecule has 1 fully saturated rings. The topological polar surface area (TPSA) is 50.6 Å². The molecule has 6 nitrogen and oxygen atoms in total. The van der Waals surface area contributed by atoms with Gasteiger partial charge >= 0.3 is 0 Å². The molecule has 0 bridgehead atoms. The van der Waals surface area contributed by atoms with E-state index in [-0.39, 0.29) is 11.9 Å². The monoisotopic (exact) mass is 266 g/mol. The van der Waals surface area contributed by atoms with Gasteiger partial charge in [0.2, 0.25) is 5.91 Å². The van der Waals surface area contributed by atoms with E-state index in [1.54, 1.807) is 14.0 Å². The van der Waals surface area contributed by atoms with E-state index < -0.39 is 0 Å². The van der Waals surface area contributed by atoms with Crippen molar-refractivity contribution in [2.45, 2.75) is 32.4 Å². The standard InChI is InChI=1S/C13H22N4O2/c1-11(18)17(19-3)12-5-4-7-16(9-12)10-13-14-6-8-15(13)2/h6,8,12H,4-5,7,9-10H2,1-3H3. The molecule has 1 atom stereocenters. The highest BCUT2D eigenvalue weighted by atomic mass is 16.7. The summed E-state index contributed by atoms with van der Waals surface area (Å²) in [5, 5.41) is 1.49. The van der Waals surface area contributed by atoms with Crippen molar-refractivity contribution < 1.29 is 9.63 Å². The van der Waals surface area contributed by atoms with E-state index in [1.165, 1.54) is 5.06 Å². The third-order valence-corrected chi connectivity index (χ3v) is 3.61. The average molecular weight is 266 g/mol. The van der Waals surface area contributed by atoms with Gasteiger partial charge in [0.25, 0.3) is 0 Å². The van der Waals surface area contributed by atoms with Crippen molar-refractivity contribution in [3.05, 3.63) is 18.2 Å². The Hall–Kier alpha value is -1.40. The average Bonchev–Trinajstić information content (AvgIpc) is 2.76. The summed E-state index contributed by atoms with van der Waals surface area (Å²) >= 11 is 0. The van der Waals surface area contributed by atoms with E-state index in [9.17, 15) is 4.79 Å². The highest BCUT2D eigenvalue weighted by molar-refractivity contribution is 5.72. The fourth-order valence-electron chi connectivity index (χ4n) is 2.65. The first-order chi connectivity index (χ1) is 9.11. The van der Waals surface area contributed by atoms with Crippen LogP contribution in [0.15, 0.2) is 12.4 Å². The van der Waals surface area contributed by atoms with Crippen LogP contribution in [0.4, 0.5) is 0 Å². The fraction of sp³-hybridized carbons (Fsp3) is 0.692. The predicted molar refractivity (Wildman–Crippen MR) is 71.0 cm³/mol. The van der Waals surface area contributed by atoms with E-state index in [1.807, 2.05) is 24.0 Å². The Bertz CT molecular complexity index is 432. The van der Waals surface area contributed by atoms with E-state index in [4.69, 9.17) is 4.84 Å². The van der Waals surface area contributed by atoms with Crippen LogP contribution in [0.2, 0.25) is 0 Å². The molecule has 1 unspecified atom stereocenters. The van der Waals surface area contributed by atoms with Gasteiger partial charge in [0.15, 0.2) is 0 Å². The van der Waals surface area contributed by atoms with Crippen LogP contribution >= 0.6 is 0 Å². The van der Waals surface area contributed by atoms with Crippen molar-refractivity contribution in [1.82, 2.24) is 19.5 Å². The van der Waals surface area contributed by atoms with Gasteiger partial charge in [-0.15, -0.1) is 0 Å². The summed E-state index contributed by atoms with van der Waals surface area (Å²) in [7, 11) is 3.56. The Labute approximate surface area is 113 Å². The molecular formula is C13H22N4O2. The van der Waals surface area contributed by atoms with Gasteiger partial charge in [-0.05, 0) is 19.4 Å². The minimum absolute atomic E-state index is 0.0358. The van der Waals surface area contributed by atoms with Crippen molar-refractivity contribution in [3.63, 3.8) is 0 Å². The maximum Gasteiger partial charge on any atom is 0.243 e. The van der Waals surface area contributed by atoms with Gasteiger partial charge in [0.1, 0.15) is 5.82 Å². The molecule has 0 saturated carbocycles. The number of carbonyl (C=O) groups is 1. The summed E-state index contributed by atoms with van der Waals surface area (Å²) in [5.41, 5.74) is 0. The van der Waals surface area contributed by atoms with Gasteiger partial charge in [-0.3, -0.25) is 14.5 Å². The van der Waals surface area contributed by atoms with Crippen LogP contribution in [0.1, 0.15) is 25.6 Å². The summed E-state index contributed by atoms with van der Waals surface area (Å²) in [6, 6.07) is 0.136. The third-order valence-electron chi connectivity index (χ3n) is 3.61. The van der Waals surface area contributed by atoms with Crippen molar-refractivity contribution in [3.8, 4) is 0 Å². The smallest absolute Gasteiger partial charge is 0.243 e. The molecule has 1 amide bonds. The lowest BCUT2D eigenvalue weighted by molar-refractivity contribution is -0.191. The SMILES string of the molecule is CON(C(C)=O)C1CCCN(Cc2nccn2C)C1. The van der Waals surface area contributed by atoms with Crippen LogP contribution in [0.3, 0.4) is 0 Å². The Morgan fingerprint density at radius 2 is 2.42 bits per heavy atom. The largest absolute Gasteiger partial charge is 0.337 e. The fourth-order valence-corrected chi connectivity index (χ4v) is 2.65. The molecule has 1 aliphatic heterocycles. The number of hydrogen-bond donors (Lipinski definition) is 0. The molecule has 1 aromatic rings. The zero-order chi connectivity index (χ0) is 13.8. The first-order valence-electron chi connectivity index (χ1n) is 6.64. The molecule has 1 aromatic heterocycles. The van der Waals surface area contributed by atoms with Crippen molar-refractivity contribution in [2.24, 2.45) is 7.05 Å². The number of piperidine rings is 1. The number of carbonyl (C=O) groups excluding carboxylic acids is 1. The minimum Gasteiger partial charge on any atom is -0.337 e. The van der Waals surface area contributed by atoms with E-state index >= 15 is 0 Å². The van der Waals surface area contributed by atoms with Gasteiger partial charge in [0.05, 0.1) is 19.7 Å². The van der Waals surface area contributed by atoms with Crippen LogP contribution in [-0.4, -0.2) is 51.7 Å².